The number of aromatic hydroxyl groups is 1. The molecular formula is C42H50CoN3O4-. The van der Waals surface area contributed by atoms with E-state index in [-0.39, 0.29) is 28.3 Å². The van der Waals surface area contributed by atoms with Gasteiger partial charge in [-0.3, -0.25) is 9.98 Å². The zero-order valence-electron chi connectivity index (χ0n) is 30.5. The number of aromatic nitrogens is 1. The van der Waals surface area contributed by atoms with Crippen molar-refractivity contribution in [2.75, 3.05) is 0 Å². The maximum atomic E-state index is 11.6. The van der Waals surface area contributed by atoms with Gasteiger partial charge in [0.1, 0.15) is 5.75 Å². The third-order valence-corrected chi connectivity index (χ3v) is 9.10. The molecule has 1 fully saturated rings. The Morgan fingerprint density at radius 2 is 1.26 bits per heavy atom. The topological polar surface area (TPSA) is 118 Å². The molecule has 267 valence electrons. The van der Waals surface area contributed by atoms with Crippen molar-refractivity contribution < 1.29 is 36.9 Å². The monoisotopic (exact) mass is 719 g/mol. The van der Waals surface area contributed by atoms with Crippen LogP contribution in [0.3, 0.4) is 0 Å². The molecule has 1 aromatic heterocycles. The first-order valence-electron chi connectivity index (χ1n) is 17.3. The second kappa shape index (κ2) is 18.1. The summed E-state index contributed by atoms with van der Waals surface area (Å²) in [5.74, 6) is -1.52. The normalized spacial score (nSPS) is 13.9. The first kappa shape index (κ1) is 40.2. The number of phenolic OH excluding ortho intramolecular Hbond substituents is 1. The Bertz CT molecular complexity index is 1770. The third-order valence-electron chi connectivity index (χ3n) is 9.10. The van der Waals surface area contributed by atoms with E-state index in [0.717, 1.165) is 59.9 Å². The van der Waals surface area contributed by atoms with Gasteiger partial charge in [-0.05, 0) is 105 Å². The van der Waals surface area contributed by atoms with Gasteiger partial charge in [-0.1, -0.05) is 100 Å². The predicted molar refractivity (Wildman–Crippen MR) is 199 cm³/mol. The zero-order valence-corrected chi connectivity index (χ0v) is 31.5. The number of aliphatic imine (C=N–C) groups is 2. The van der Waals surface area contributed by atoms with E-state index in [0.29, 0.717) is 17.4 Å². The summed E-state index contributed by atoms with van der Waals surface area (Å²) in [5, 5.41) is 30.0. The number of carboxylic acids is 1. The SMILES string of the molecule is CC(=Nc1ccc(C)cc1C(C)C)c1cccc(C(C)=Nc2ccc(C)cc2C(C)C)n1.O=C(O)c1c(C2CCCCC2)ccc(O)c1[O-].[Co]. The number of nitrogens with zero attached hydrogens (tertiary/aromatic N) is 3. The number of aromatic carboxylic acids is 1. The molecule has 1 heterocycles. The van der Waals surface area contributed by atoms with Crippen molar-refractivity contribution in [2.24, 2.45) is 9.98 Å². The number of hydrogen-bond acceptors (Lipinski definition) is 6. The number of pyridine rings is 1. The van der Waals surface area contributed by atoms with Crippen LogP contribution in [0.25, 0.3) is 0 Å². The van der Waals surface area contributed by atoms with Gasteiger partial charge in [0, 0.05) is 16.8 Å². The summed E-state index contributed by atoms with van der Waals surface area (Å²) in [7, 11) is 0. The van der Waals surface area contributed by atoms with Crippen LogP contribution in [0.2, 0.25) is 0 Å². The van der Waals surface area contributed by atoms with E-state index in [4.69, 9.17) is 20.1 Å². The van der Waals surface area contributed by atoms with Gasteiger partial charge in [-0.25, -0.2) is 9.78 Å². The Kier molecular flexibility index (Phi) is 14.5. The van der Waals surface area contributed by atoms with Crippen molar-refractivity contribution in [3.63, 3.8) is 0 Å². The largest absolute Gasteiger partial charge is 0.869 e. The molecule has 0 aliphatic heterocycles. The second-order valence-electron chi connectivity index (χ2n) is 13.8. The number of carboxylic acid groups (broad SMARTS) is 1. The summed E-state index contributed by atoms with van der Waals surface area (Å²) in [6, 6.07) is 21.9. The molecule has 8 heteroatoms. The number of carbonyl (C=O) groups is 1. The Morgan fingerprint density at radius 1 is 0.780 bits per heavy atom. The van der Waals surface area contributed by atoms with Gasteiger partial charge in [-0.15, -0.1) is 0 Å². The van der Waals surface area contributed by atoms with E-state index in [9.17, 15) is 15.0 Å². The molecule has 1 saturated carbocycles. The number of hydrogen-bond donors (Lipinski definition) is 2. The summed E-state index contributed by atoms with van der Waals surface area (Å²) in [5.41, 5.74) is 11.0. The van der Waals surface area contributed by atoms with Crippen LogP contribution >= 0.6 is 0 Å². The summed E-state index contributed by atoms with van der Waals surface area (Å²) in [6.07, 6.45) is 5.15. The van der Waals surface area contributed by atoms with E-state index in [1.807, 2.05) is 32.0 Å². The molecule has 0 bridgehead atoms. The molecule has 1 radical (unpaired) electrons. The van der Waals surface area contributed by atoms with E-state index in [1.165, 1.54) is 34.7 Å². The van der Waals surface area contributed by atoms with Crippen LogP contribution in [0.1, 0.15) is 141 Å². The van der Waals surface area contributed by atoms with Crippen LogP contribution in [0.4, 0.5) is 11.4 Å². The van der Waals surface area contributed by atoms with E-state index < -0.39 is 17.5 Å². The van der Waals surface area contributed by atoms with Crippen LogP contribution in [0.15, 0.2) is 76.7 Å². The van der Waals surface area contributed by atoms with Crippen molar-refractivity contribution in [1.82, 2.24) is 4.98 Å². The molecule has 50 heavy (non-hydrogen) atoms. The Hall–Kier alpha value is -4.27. The van der Waals surface area contributed by atoms with Gasteiger partial charge >= 0.3 is 5.97 Å². The van der Waals surface area contributed by atoms with Crippen LogP contribution in [0.5, 0.6) is 11.5 Å². The number of aryl methyl sites for hydroxylation is 2. The first-order valence-corrected chi connectivity index (χ1v) is 17.3. The van der Waals surface area contributed by atoms with Crippen LogP contribution in [0, 0.1) is 13.8 Å². The van der Waals surface area contributed by atoms with Crippen molar-refractivity contribution in [3.8, 4) is 11.5 Å². The van der Waals surface area contributed by atoms with Gasteiger partial charge in [0.15, 0.2) is 0 Å². The van der Waals surface area contributed by atoms with E-state index in [1.54, 1.807) is 6.07 Å². The molecule has 0 amide bonds. The van der Waals surface area contributed by atoms with Crippen molar-refractivity contribution in [1.29, 1.82) is 0 Å². The Labute approximate surface area is 307 Å². The van der Waals surface area contributed by atoms with Crippen LogP contribution in [-0.2, 0) is 16.8 Å². The number of phenols is 1. The molecule has 7 nitrogen and oxygen atoms in total. The van der Waals surface area contributed by atoms with Crippen molar-refractivity contribution in [2.45, 2.75) is 105 Å². The average Bonchev–Trinajstić information content (AvgIpc) is 3.07. The minimum absolute atomic E-state index is 0. The van der Waals surface area contributed by atoms with E-state index in [2.05, 4.69) is 77.9 Å². The fraction of sp³-hybridized carbons (Fsp3) is 0.381. The molecule has 1 aliphatic carbocycles. The quantitative estimate of drug-likeness (QED) is 0.176. The van der Waals surface area contributed by atoms with Gasteiger partial charge < -0.3 is 15.3 Å². The predicted octanol–water partition coefficient (Wildman–Crippen LogP) is 10.4. The number of rotatable bonds is 8. The fourth-order valence-corrected chi connectivity index (χ4v) is 6.35. The minimum Gasteiger partial charge on any atom is -0.869 e. The molecule has 0 saturated heterocycles. The Balaban J connectivity index is 0.000000316. The minimum atomic E-state index is -1.24. The molecule has 0 atom stereocenters. The summed E-state index contributed by atoms with van der Waals surface area (Å²) < 4.78 is 0. The smallest absolute Gasteiger partial charge is 0.335 e. The maximum absolute atomic E-state index is 11.6. The third kappa shape index (κ3) is 10.1. The second-order valence-corrected chi connectivity index (χ2v) is 13.8. The van der Waals surface area contributed by atoms with Gasteiger partial charge in [0.25, 0.3) is 0 Å². The molecule has 0 unspecified atom stereocenters. The summed E-state index contributed by atoms with van der Waals surface area (Å²) in [4.78, 5) is 25.9. The molecule has 2 N–H and O–H groups in total. The maximum Gasteiger partial charge on any atom is 0.335 e. The zero-order chi connectivity index (χ0) is 35.8. The molecule has 0 spiro atoms. The molecule has 1 aliphatic rings. The van der Waals surface area contributed by atoms with Crippen LogP contribution < -0.4 is 5.11 Å². The molecule has 5 rings (SSSR count). The molecule has 4 aromatic rings. The Morgan fingerprint density at radius 3 is 1.70 bits per heavy atom. The van der Waals surface area contributed by atoms with Crippen LogP contribution in [-0.4, -0.2) is 32.6 Å². The standard InChI is InChI=1S/C29H35N3.C13H16O4.Co/c1-18(2)24-16-20(5)12-14-28(24)30-22(7)26-10-9-11-27(32-26)23(8)31-29-15-13-21(6)17-25(29)19(3)4;14-10-7-6-9(8-4-2-1-3-5-8)11(12(10)15)13(16)17;/h9-19H,1-8H3;6-8,14-15H,1-5H2,(H,16,17);/p-1. The summed E-state index contributed by atoms with van der Waals surface area (Å²) in [6.45, 7) is 17.1. The van der Waals surface area contributed by atoms with Crippen molar-refractivity contribution in [3.05, 3.63) is 111 Å². The molecule has 3 aromatic carbocycles. The molecular weight excluding hydrogens is 669 g/mol. The fourth-order valence-electron chi connectivity index (χ4n) is 6.35. The van der Waals surface area contributed by atoms with Gasteiger partial charge in [0.05, 0.1) is 39.7 Å². The first-order chi connectivity index (χ1) is 23.3. The van der Waals surface area contributed by atoms with Gasteiger partial charge in [-0.2, -0.15) is 0 Å². The van der Waals surface area contributed by atoms with Crippen molar-refractivity contribution >= 4 is 28.8 Å². The van der Waals surface area contributed by atoms with Gasteiger partial charge in [0.2, 0.25) is 0 Å². The summed E-state index contributed by atoms with van der Waals surface area (Å²) >= 11 is 0. The van der Waals surface area contributed by atoms with E-state index >= 15 is 0 Å². The number of benzene rings is 3. The average molecular weight is 720 g/mol.